The molecule has 0 amide bonds. The second kappa shape index (κ2) is 38.9. The zero-order valence-corrected chi connectivity index (χ0v) is 31.3. The molecule has 2 heteroatoms. The van der Waals surface area contributed by atoms with Gasteiger partial charge in [-0.1, -0.05) is 148 Å². The van der Waals surface area contributed by atoms with Gasteiger partial charge in [-0.3, -0.25) is 0 Å². The molecule has 2 atom stereocenters. The van der Waals surface area contributed by atoms with Crippen LogP contribution in [0, 0.1) is 23.7 Å². The number of rotatable bonds is 18. The molecule has 2 unspecified atom stereocenters. The summed E-state index contributed by atoms with van der Waals surface area (Å²) in [4.78, 5) is 5.12. The van der Waals surface area contributed by atoms with E-state index in [9.17, 15) is 0 Å². The summed E-state index contributed by atoms with van der Waals surface area (Å²) < 4.78 is 0. The topological polar surface area (TPSA) is 6.48 Å². The Hall–Kier alpha value is -0.0800. The highest BCUT2D eigenvalue weighted by atomic mass is 15.1. The van der Waals surface area contributed by atoms with Crippen LogP contribution >= 0.6 is 0 Å². The van der Waals surface area contributed by atoms with Gasteiger partial charge in [0.1, 0.15) is 0 Å². The highest BCUT2D eigenvalue weighted by molar-refractivity contribution is 4.69. The van der Waals surface area contributed by atoms with Crippen LogP contribution in [0.1, 0.15) is 186 Å². The van der Waals surface area contributed by atoms with E-state index in [4.69, 9.17) is 0 Å². The number of nitrogens with zero attached hydrogens (tertiary/aromatic N) is 2. The summed E-state index contributed by atoms with van der Waals surface area (Å²) in [6, 6.07) is 0. The summed E-state index contributed by atoms with van der Waals surface area (Å²) >= 11 is 0. The van der Waals surface area contributed by atoms with Crippen molar-refractivity contribution in [2.24, 2.45) is 23.7 Å². The summed E-state index contributed by atoms with van der Waals surface area (Å²) in [6.45, 7) is 35.4. The Labute approximate surface area is 259 Å². The maximum absolute atomic E-state index is 2.69. The van der Waals surface area contributed by atoms with Crippen LogP contribution in [0.5, 0.6) is 0 Å². The lowest BCUT2D eigenvalue weighted by Crippen LogP contribution is -2.31. The van der Waals surface area contributed by atoms with Crippen molar-refractivity contribution in [3.05, 3.63) is 0 Å². The third kappa shape index (κ3) is 34.1. The van der Waals surface area contributed by atoms with E-state index in [0.717, 1.165) is 23.7 Å². The Balaban J connectivity index is -0.000000255. The fraction of sp³-hybridized carbons (Fsp3) is 1.00. The van der Waals surface area contributed by atoms with Crippen LogP contribution in [0.15, 0.2) is 0 Å². The van der Waals surface area contributed by atoms with Gasteiger partial charge in [-0.05, 0) is 95.4 Å². The van der Waals surface area contributed by atoms with Gasteiger partial charge in [-0.2, -0.15) is 0 Å². The molecule has 248 valence electrons. The molecule has 2 nitrogen and oxygen atoms in total. The van der Waals surface area contributed by atoms with Crippen LogP contribution in [0.25, 0.3) is 0 Å². The van der Waals surface area contributed by atoms with Gasteiger partial charge in [0.25, 0.3) is 0 Å². The van der Waals surface area contributed by atoms with E-state index in [1.807, 2.05) is 27.7 Å². The molecule has 0 aromatic rings. The summed E-state index contributed by atoms with van der Waals surface area (Å²) in [5, 5.41) is 0. The lowest BCUT2D eigenvalue weighted by molar-refractivity contribution is 0.206. The number of unbranched alkanes of at least 4 members (excludes halogenated alkanes) is 5. The highest BCUT2D eigenvalue weighted by Crippen LogP contribution is 2.23. The van der Waals surface area contributed by atoms with Gasteiger partial charge in [0.05, 0.1) is 0 Å². The molecule has 1 heterocycles. The van der Waals surface area contributed by atoms with Gasteiger partial charge in [0, 0.05) is 6.54 Å². The Morgan fingerprint density at radius 3 is 1.45 bits per heavy atom. The molecule has 1 fully saturated rings. The molecular formula is C38H86N2. The van der Waals surface area contributed by atoms with Gasteiger partial charge in [-0.15, -0.1) is 0 Å². The van der Waals surface area contributed by atoms with Crippen molar-refractivity contribution in [3.63, 3.8) is 0 Å². The van der Waals surface area contributed by atoms with E-state index in [2.05, 4.69) is 79.2 Å². The SMILES string of the molecule is CC.CC.CCC1CCN(C)CC1.CCCC(CCC(C)C(C)C)CN(CCC)CCC.CCCCCCCC. The molecule has 0 bridgehead atoms. The standard InChI is InChI=1S/C18H39N.C8H17N.C8H18.2C2H6/c1-7-10-18(12-11-17(6)16(4)5)15-19(13-8-2)14-9-3;1-3-8-4-6-9(2)7-5-8;1-3-5-7-8-6-4-2;2*1-2/h16-18H,7-15H2,1-6H3;8H,3-7H2,1-2H3;3-8H2,1-2H3;2*1-2H3. The number of piperidine rings is 1. The Bertz CT molecular complexity index is 388. The average molecular weight is 571 g/mol. The third-order valence-corrected chi connectivity index (χ3v) is 8.33. The van der Waals surface area contributed by atoms with Crippen molar-refractivity contribution in [2.75, 3.05) is 39.8 Å². The maximum Gasteiger partial charge on any atom is 0.000965 e. The molecular weight excluding hydrogens is 484 g/mol. The quantitative estimate of drug-likeness (QED) is 0.151. The molecule has 0 N–H and O–H groups in total. The number of hydrogen-bond acceptors (Lipinski definition) is 2. The van der Waals surface area contributed by atoms with Gasteiger partial charge >= 0.3 is 0 Å². The summed E-state index contributed by atoms with van der Waals surface area (Å²) in [5.74, 6) is 3.67. The fourth-order valence-electron chi connectivity index (χ4n) is 5.18. The molecule has 0 spiro atoms. The van der Waals surface area contributed by atoms with Crippen molar-refractivity contribution in [1.29, 1.82) is 0 Å². The fourth-order valence-corrected chi connectivity index (χ4v) is 5.18. The first-order chi connectivity index (χ1) is 19.3. The second-order valence-corrected chi connectivity index (χ2v) is 12.3. The average Bonchev–Trinajstić information content (AvgIpc) is 2.97. The summed E-state index contributed by atoms with van der Waals surface area (Å²) in [6.07, 6.45) is 20.9. The predicted octanol–water partition coefficient (Wildman–Crippen LogP) is 12.8. The lowest BCUT2D eigenvalue weighted by Gasteiger charge is -2.28. The van der Waals surface area contributed by atoms with E-state index in [-0.39, 0.29) is 0 Å². The van der Waals surface area contributed by atoms with Crippen LogP contribution in [-0.2, 0) is 0 Å². The third-order valence-electron chi connectivity index (χ3n) is 8.33. The molecule has 0 radical (unpaired) electrons. The van der Waals surface area contributed by atoms with Crippen LogP contribution in [-0.4, -0.2) is 49.6 Å². The zero-order valence-electron chi connectivity index (χ0n) is 31.3. The number of hydrogen-bond donors (Lipinski definition) is 0. The van der Waals surface area contributed by atoms with Crippen molar-refractivity contribution < 1.29 is 0 Å². The molecule has 1 aliphatic rings. The van der Waals surface area contributed by atoms with Crippen molar-refractivity contribution in [2.45, 2.75) is 186 Å². The molecule has 1 aliphatic heterocycles. The minimum Gasteiger partial charge on any atom is -0.306 e. The van der Waals surface area contributed by atoms with Crippen LogP contribution in [0.3, 0.4) is 0 Å². The van der Waals surface area contributed by atoms with Crippen LogP contribution in [0.4, 0.5) is 0 Å². The molecule has 1 rings (SSSR count). The van der Waals surface area contributed by atoms with Crippen molar-refractivity contribution >= 4 is 0 Å². The predicted molar refractivity (Wildman–Crippen MR) is 191 cm³/mol. The first-order valence-corrected chi connectivity index (χ1v) is 18.7. The maximum atomic E-state index is 2.69. The molecule has 0 aromatic carbocycles. The van der Waals surface area contributed by atoms with E-state index in [1.54, 1.807) is 0 Å². The molecule has 40 heavy (non-hydrogen) atoms. The Morgan fingerprint density at radius 1 is 0.625 bits per heavy atom. The minimum absolute atomic E-state index is 0.838. The first-order valence-electron chi connectivity index (χ1n) is 18.7. The van der Waals surface area contributed by atoms with E-state index < -0.39 is 0 Å². The van der Waals surface area contributed by atoms with Gasteiger partial charge < -0.3 is 9.80 Å². The monoisotopic (exact) mass is 571 g/mol. The van der Waals surface area contributed by atoms with Crippen molar-refractivity contribution in [3.8, 4) is 0 Å². The second-order valence-electron chi connectivity index (χ2n) is 12.3. The lowest BCUT2D eigenvalue weighted by atomic mass is 9.87. The highest BCUT2D eigenvalue weighted by Gasteiger charge is 2.16. The van der Waals surface area contributed by atoms with E-state index >= 15 is 0 Å². The molecule has 0 aliphatic carbocycles. The van der Waals surface area contributed by atoms with E-state index in [0.29, 0.717) is 0 Å². The summed E-state index contributed by atoms with van der Waals surface area (Å²) in [7, 11) is 2.21. The smallest absolute Gasteiger partial charge is 0.000965 e. The molecule has 1 saturated heterocycles. The molecule has 0 aromatic heterocycles. The van der Waals surface area contributed by atoms with Crippen LogP contribution in [0.2, 0.25) is 0 Å². The largest absolute Gasteiger partial charge is 0.306 e. The van der Waals surface area contributed by atoms with Crippen molar-refractivity contribution in [1.82, 2.24) is 9.80 Å². The Morgan fingerprint density at radius 2 is 1.10 bits per heavy atom. The minimum atomic E-state index is 0.838. The zero-order chi connectivity index (χ0) is 31.6. The van der Waals surface area contributed by atoms with Gasteiger partial charge in [0.15, 0.2) is 0 Å². The van der Waals surface area contributed by atoms with Crippen LogP contribution < -0.4 is 0 Å². The normalized spacial score (nSPS) is 15.0. The van der Waals surface area contributed by atoms with E-state index in [1.165, 1.54) is 129 Å². The molecule has 0 saturated carbocycles. The summed E-state index contributed by atoms with van der Waals surface area (Å²) in [5.41, 5.74) is 0. The number of likely N-dealkylation sites (tertiary alicyclic amines) is 1. The van der Waals surface area contributed by atoms with Gasteiger partial charge in [0.2, 0.25) is 0 Å². The Kier molecular flexibility index (Phi) is 45.6. The van der Waals surface area contributed by atoms with Gasteiger partial charge in [-0.25, -0.2) is 0 Å². The first kappa shape index (κ1) is 46.9.